The summed E-state index contributed by atoms with van der Waals surface area (Å²) in [7, 11) is 0. The molecule has 2 fully saturated rings. The average molecular weight is 184 g/mol. The Morgan fingerprint density at radius 3 is 3.15 bits per heavy atom. The van der Waals surface area contributed by atoms with Crippen LogP contribution >= 0.6 is 0 Å². The second-order valence-corrected chi connectivity index (χ2v) is 3.94. The first kappa shape index (κ1) is 8.97. The Balaban J connectivity index is 1.97. The van der Waals surface area contributed by atoms with Gasteiger partial charge in [-0.2, -0.15) is 0 Å². The Hall–Kier alpha value is -0.610. The molecule has 2 saturated heterocycles. The predicted molar refractivity (Wildman–Crippen MR) is 48.1 cm³/mol. The Morgan fingerprint density at radius 1 is 1.54 bits per heavy atom. The van der Waals surface area contributed by atoms with Crippen LogP contribution in [-0.4, -0.2) is 43.2 Å². The molecule has 1 amide bonds. The van der Waals surface area contributed by atoms with Gasteiger partial charge in [0.15, 0.2) is 0 Å². The Labute approximate surface area is 78.0 Å². The lowest BCUT2D eigenvalue weighted by atomic mass is 9.92. The monoisotopic (exact) mass is 184 g/mol. The second kappa shape index (κ2) is 3.64. The average Bonchev–Trinajstić information content (AvgIpc) is 2.51. The number of piperidine rings is 1. The summed E-state index contributed by atoms with van der Waals surface area (Å²) in [6, 6.07) is 0.446. The SMILES string of the molecule is NC(=O)CN1CCCC2COCC21. The van der Waals surface area contributed by atoms with Crippen LogP contribution in [0.3, 0.4) is 0 Å². The summed E-state index contributed by atoms with van der Waals surface area (Å²) in [5, 5.41) is 0. The number of ether oxygens (including phenoxy) is 1. The molecule has 13 heavy (non-hydrogen) atoms. The number of primary amides is 1. The number of rotatable bonds is 2. The Kier molecular flexibility index (Phi) is 2.51. The van der Waals surface area contributed by atoms with Gasteiger partial charge in [-0.15, -0.1) is 0 Å². The normalized spacial score (nSPS) is 34.5. The second-order valence-electron chi connectivity index (χ2n) is 3.94. The maximum Gasteiger partial charge on any atom is 0.231 e. The summed E-state index contributed by atoms with van der Waals surface area (Å²) in [5.74, 6) is 0.403. The number of nitrogens with zero attached hydrogens (tertiary/aromatic N) is 1. The van der Waals surface area contributed by atoms with Crippen LogP contribution in [-0.2, 0) is 9.53 Å². The van der Waals surface area contributed by atoms with Crippen molar-refractivity contribution in [3.8, 4) is 0 Å². The highest BCUT2D eigenvalue weighted by Crippen LogP contribution is 2.28. The van der Waals surface area contributed by atoms with Gasteiger partial charge in [-0.3, -0.25) is 9.69 Å². The molecule has 0 aliphatic carbocycles. The van der Waals surface area contributed by atoms with Crippen molar-refractivity contribution in [3.63, 3.8) is 0 Å². The van der Waals surface area contributed by atoms with Gasteiger partial charge in [-0.05, 0) is 19.4 Å². The van der Waals surface area contributed by atoms with Crippen LogP contribution in [0.5, 0.6) is 0 Å². The molecule has 74 valence electrons. The zero-order chi connectivity index (χ0) is 9.26. The van der Waals surface area contributed by atoms with E-state index in [1.807, 2.05) is 0 Å². The minimum absolute atomic E-state index is 0.229. The molecule has 4 heteroatoms. The van der Waals surface area contributed by atoms with Gasteiger partial charge in [0.1, 0.15) is 0 Å². The molecule has 2 rings (SSSR count). The highest BCUT2D eigenvalue weighted by Gasteiger charge is 2.36. The van der Waals surface area contributed by atoms with Crippen molar-refractivity contribution in [1.82, 2.24) is 4.90 Å². The third-order valence-electron chi connectivity index (χ3n) is 3.01. The molecule has 2 aliphatic heterocycles. The zero-order valence-electron chi connectivity index (χ0n) is 7.74. The number of fused-ring (bicyclic) bond motifs is 1. The Morgan fingerprint density at radius 2 is 2.38 bits per heavy atom. The molecule has 2 atom stereocenters. The molecule has 0 aromatic carbocycles. The number of carbonyl (C=O) groups excluding carboxylic acids is 1. The lowest BCUT2D eigenvalue weighted by Crippen LogP contribution is -2.48. The van der Waals surface area contributed by atoms with E-state index in [0.717, 1.165) is 26.2 Å². The van der Waals surface area contributed by atoms with Gasteiger partial charge in [0, 0.05) is 12.0 Å². The van der Waals surface area contributed by atoms with Crippen LogP contribution in [0.4, 0.5) is 0 Å². The van der Waals surface area contributed by atoms with Crippen LogP contribution in [0.25, 0.3) is 0 Å². The molecule has 0 radical (unpaired) electrons. The summed E-state index contributed by atoms with van der Waals surface area (Å²) in [6.45, 7) is 3.02. The number of hydrogen-bond acceptors (Lipinski definition) is 3. The fourth-order valence-corrected chi connectivity index (χ4v) is 2.39. The van der Waals surface area contributed by atoms with E-state index in [-0.39, 0.29) is 5.91 Å². The summed E-state index contributed by atoms with van der Waals surface area (Å²) in [4.78, 5) is 13.0. The van der Waals surface area contributed by atoms with E-state index >= 15 is 0 Å². The molecular formula is C9H16N2O2. The summed E-state index contributed by atoms with van der Waals surface area (Å²) in [6.07, 6.45) is 2.40. The maximum atomic E-state index is 10.8. The topological polar surface area (TPSA) is 55.6 Å². The van der Waals surface area contributed by atoms with Gasteiger partial charge in [0.2, 0.25) is 5.91 Å². The van der Waals surface area contributed by atoms with Gasteiger partial charge >= 0.3 is 0 Å². The molecule has 0 spiro atoms. The molecule has 0 aromatic rings. The lowest BCUT2D eigenvalue weighted by molar-refractivity contribution is -0.120. The van der Waals surface area contributed by atoms with Crippen LogP contribution in [0.15, 0.2) is 0 Å². The smallest absolute Gasteiger partial charge is 0.231 e. The van der Waals surface area contributed by atoms with Crippen molar-refractivity contribution in [1.29, 1.82) is 0 Å². The molecule has 0 saturated carbocycles. The minimum atomic E-state index is -0.229. The molecule has 4 nitrogen and oxygen atoms in total. The van der Waals surface area contributed by atoms with Crippen LogP contribution < -0.4 is 5.73 Å². The summed E-state index contributed by atoms with van der Waals surface area (Å²) >= 11 is 0. The number of nitrogens with two attached hydrogens (primary N) is 1. The highest BCUT2D eigenvalue weighted by molar-refractivity contribution is 5.76. The third-order valence-corrected chi connectivity index (χ3v) is 3.01. The first-order valence-electron chi connectivity index (χ1n) is 4.87. The quantitative estimate of drug-likeness (QED) is 0.634. The molecule has 0 bridgehead atoms. The minimum Gasteiger partial charge on any atom is -0.379 e. The molecule has 2 aliphatic rings. The van der Waals surface area contributed by atoms with Gasteiger partial charge in [0.25, 0.3) is 0 Å². The van der Waals surface area contributed by atoms with Crippen molar-refractivity contribution in [2.24, 2.45) is 11.7 Å². The van der Waals surface area contributed by atoms with Crippen molar-refractivity contribution in [2.45, 2.75) is 18.9 Å². The van der Waals surface area contributed by atoms with Crippen LogP contribution in [0.2, 0.25) is 0 Å². The molecular weight excluding hydrogens is 168 g/mol. The van der Waals surface area contributed by atoms with Crippen molar-refractivity contribution < 1.29 is 9.53 Å². The maximum absolute atomic E-state index is 10.8. The first-order chi connectivity index (χ1) is 6.27. The van der Waals surface area contributed by atoms with Crippen molar-refractivity contribution in [3.05, 3.63) is 0 Å². The largest absolute Gasteiger partial charge is 0.379 e. The molecule has 2 unspecified atom stereocenters. The van der Waals surface area contributed by atoms with E-state index < -0.39 is 0 Å². The van der Waals surface area contributed by atoms with Crippen molar-refractivity contribution in [2.75, 3.05) is 26.3 Å². The fourth-order valence-electron chi connectivity index (χ4n) is 2.39. The van der Waals surface area contributed by atoms with E-state index in [4.69, 9.17) is 10.5 Å². The summed E-state index contributed by atoms with van der Waals surface area (Å²) < 4.78 is 5.41. The van der Waals surface area contributed by atoms with Crippen molar-refractivity contribution >= 4 is 5.91 Å². The van der Waals surface area contributed by atoms with Gasteiger partial charge in [-0.1, -0.05) is 0 Å². The van der Waals surface area contributed by atoms with Gasteiger partial charge < -0.3 is 10.5 Å². The number of hydrogen-bond donors (Lipinski definition) is 1. The van der Waals surface area contributed by atoms with E-state index in [1.165, 1.54) is 6.42 Å². The lowest BCUT2D eigenvalue weighted by Gasteiger charge is -2.35. The van der Waals surface area contributed by atoms with Crippen LogP contribution in [0, 0.1) is 5.92 Å². The van der Waals surface area contributed by atoms with E-state index in [2.05, 4.69) is 4.90 Å². The number of amides is 1. The number of carbonyl (C=O) groups is 1. The molecule has 2 heterocycles. The highest BCUT2D eigenvalue weighted by atomic mass is 16.5. The zero-order valence-corrected chi connectivity index (χ0v) is 7.74. The van der Waals surface area contributed by atoms with E-state index in [1.54, 1.807) is 0 Å². The first-order valence-corrected chi connectivity index (χ1v) is 4.87. The fraction of sp³-hybridized carbons (Fsp3) is 0.889. The molecule has 2 N–H and O–H groups in total. The predicted octanol–water partition coefficient (Wildman–Crippen LogP) is -0.417. The van der Waals surface area contributed by atoms with Gasteiger partial charge in [-0.25, -0.2) is 0 Å². The Bertz CT molecular complexity index is 208. The standard InChI is InChI=1S/C9H16N2O2/c10-9(12)4-11-3-1-2-7-5-13-6-8(7)11/h7-8H,1-6H2,(H2,10,12). The van der Waals surface area contributed by atoms with E-state index in [0.29, 0.717) is 18.5 Å². The van der Waals surface area contributed by atoms with Gasteiger partial charge in [0.05, 0.1) is 19.8 Å². The molecule has 0 aromatic heterocycles. The third kappa shape index (κ3) is 1.84. The van der Waals surface area contributed by atoms with Crippen LogP contribution in [0.1, 0.15) is 12.8 Å². The van der Waals surface area contributed by atoms with E-state index in [9.17, 15) is 4.79 Å². The number of likely N-dealkylation sites (tertiary alicyclic amines) is 1. The summed E-state index contributed by atoms with van der Waals surface area (Å²) in [5.41, 5.74) is 5.18.